The van der Waals surface area contributed by atoms with E-state index in [1.54, 1.807) is 19.1 Å². The number of amides is 1. The Morgan fingerprint density at radius 2 is 2.29 bits per heavy atom. The maximum atomic E-state index is 12.3. The van der Waals surface area contributed by atoms with Gasteiger partial charge in [-0.25, -0.2) is 4.98 Å². The number of hydrogen-bond acceptors (Lipinski definition) is 5. The number of nitrogens with zero attached hydrogens (tertiary/aromatic N) is 2. The number of pyridine rings is 1. The molecule has 2 rings (SSSR count). The fraction of sp³-hybridized carbons (Fsp3) is 0.267. The van der Waals surface area contributed by atoms with E-state index in [4.69, 9.17) is 9.63 Å². The van der Waals surface area contributed by atoms with Crippen LogP contribution in [-0.2, 0) is 0 Å². The van der Waals surface area contributed by atoms with E-state index in [2.05, 4.69) is 27.3 Å². The number of aliphatic hydroxyl groups excluding tert-OH is 1. The quantitative estimate of drug-likeness (QED) is 0.837. The van der Waals surface area contributed by atoms with Gasteiger partial charge < -0.3 is 9.63 Å². The smallest absolute Gasteiger partial charge is 0.277 e. The minimum Gasteiger partial charge on any atom is -0.395 e. The van der Waals surface area contributed by atoms with Gasteiger partial charge in [-0.1, -0.05) is 17.0 Å². The van der Waals surface area contributed by atoms with Gasteiger partial charge in [-0.15, -0.1) is 0 Å². The number of rotatable bonds is 3. The summed E-state index contributed by atoms with van der Waals surface area (Å²) in [5.74, 6) is 5.48. The first kappa shape index (κ1) is 14.8. The summed E-state index contributed by atoms with van der Waals surface area (Å²) in [4.78, 5) is 16.3. The van der Waals surface area contributed by atoms with Crippen molar-refractivity contribution < 1.29 is 14.4 Å². The Morgan fingerprint density at radius 3 is 2.95 bits per heavy atom. The summed E-state index contributed by atoms with van der Waals surface area (Å²) in [5, 5.41) is 15.1. The number of anilines is 1. The van der Waals surface area contributed by atoms with Crippen LogP contribution in [0.5, 0.6) is 0 Å². The normalized spacial score (nSPS) is 9.86. The standard InChI is InChI=1S/C15H15N3O3/c1-10-11(2)18-21-15(10)17-14(20)13-12(6-3-4-9-19)7-5-8-16-13/h5,7-8,19H,4,9H2,1-2H3,(H,17,20). The molecular formula is C15H15N3O3. The molecule has 6 heteroatoms. The van der Waals surface area contributed by atoms with Crippen molar-refractivity contribution in [1.82, 2.24) is 10.1 Å². The Kier molecular flexibility index (Phi) is 4.69. The number of carbonyl (C=O) groups excluding carboxylic acids is 1. The largest absolute Gasteiger partial charge is 0.395 e. The monoisotopic (exact) mass is 285 g/mol. The minimum atomic E-state index is -0.414. The van der Waals surface area contributed by atoms with Crippen LogP contribution in [0.4, 0.5) is 5.88 Å². The van der Waals surface area contributed by atoms with Gasteiger partial charge in [-0.3, -0.25) is 10.1 Å². The molecule has 6 nitrogen and oxygen atoms in total. The molecule has 0 radical (unpaired) electrons. The fourth-order valence-electron chi connectivity index (χ4n) is 1.59. The van der Waals surface area contributed by atoms with Crippen molar-refractivity contribution in [3.8, 4) is 11.8 Å². The van der Waals surface area contributed by atoms with Crippen molar-refractivity contribution in [3.05, 3.63) is 40.8 Å². The van der Waals surface area contributed by atoms with Gasteiger partial charge in [-0.05, 0) is 26.0 Å². The van der Waals surface area contributed by atoms with Crippen LogP contribution in [0.3, 0.4) is 0 Å². The van der Waals surface area contributed by atoms with Crippen molar-refractivity contribution in [1.29, 1.82) is 0 Å². The number of hydrogen-bond donors (Lipinski definition) is 2. The number of carbonyl (C=O) groups is 1. The van der Waals surface area contributed by atoms with E-state index >= 15 is 0 Å². The molecule has 0 fully saturated rings. The van der Waals surface area contributed by atoms with Gasteiger partial charge in [0.2, 0.25) is 5.88 Å². The van der Waals surface area contributed by atoms with Crippen LogP contribution in [0.1, 0.15) is 33.7 Å². The second kappa shape index (κ2) is 6.68. The highest BCUT2D eigenvalue weighted by Gasteiger charge is 2.16. The molecule has 2 heterocycles. The molecule has 2 aromatic rings. The van der Waals surface area contributed by atoms with E-state index in [-0.39, 0.29) is 12.3 Å². The Morgan fingerprint density at radius 1 is 1.48 bits per heavy atom. The Bertz CT molecular complexity index is 710. The van der Waals surface area contributed by atoms with E-state index in [1.807, 2.05) is 6.92 Å². The maximum Gasteiger partial charge on any atom is 0.277 e. The lowest BCUT2D eigenvalue weighted by molar-refractivity contribution is 0.101. The summed E-state index contributed by atoms with van der Waals surface area (Å²) in [6.07, 6.45) is 1.86. The van der Waals surface area contributed by atoms with Gasteiger partial charge in [0.1, 0.15) is 5.69 Å². The lowest BCUT2D eigenvalue weighted by Crippen LogP contribution is -2.15. The van der Waals surface area contributed by atoms with E-state index in [0.717, 1.165) is 5.56 Å². The predicted octanol–water partition coefficient (Wildman–Crippen LogP) is 1.67. The molecule has 0 bridgehead atoms. The number of aliphatic hydroxyl groups is 1. The van der Waals surface area contributed by atoms with Gasteiger partial charge in [0.05, 0.1) is 17.9 Å². The van der Waals surface area contributed by atoms with Gasteiger partial charge >= 0.3 is 0 Å². The first-order valence-corrected chi connectivity index (χ1v) is 6.42. The molecule has 108 valence electrons. The third-order valence-corrected chi connectivity index (χ3v) is 2.87. The summed E-state index contributed by atoms with van der Waals surface area (Å²) in [5.41, 5.74) is 2.19. The summed E-state index contributed by atoms with van der Waals surface area (Å²) in [6, 6.07) is 3.40. The molecule has 0 saturated carbocycles. The average molecular weight is 285 g/mol. The number of aryl methyl sites for hydroxylation is 1. The first-order chi connectivity index (χ1) is 10.1. The van der Waals surface area contributed by atoms with Crippen molar-refractivity contribution in [2.75, 3.05) is 11.9 Å². The average Bonchev–Trinajstić information content (AvgIpc) is 2.80. The molecule has 21 heavy (non-hydrogen) atoms. The van der Waals surface area contributed by atoms with E-state index in [1.165, 1.54) is 6.20 Å². The highest BCUT2D eigenvalue weighted by Crippen LogP contribution is 2.18. The third-order valence-electron chi connectivity index (χ3n) is 2.87. The van der Waals surface area contributed by atoms with Crippen LogP contribution in [0.15, 0.2) is 22.9 Å². The summed E-state index contributed by atoms with van der Waals surface area (Å²) < 4.78 is 5.05. The number of nitrogens with one attached hydrogen (secondary N) is 1. The van der Waals surface area contributed by atoms with Gasteiger partial charge in [0.25, 0.3) is 5.91 Å². The molecule has 0 aliphatic heterocycles. The van der Waals surface area contributed by atoms with Gasteiger partial charge in [-0.2, -0.15) is 0 Å². The molecule has 0 unspecified atom stereocenters. The van der Waals surface area contributed by atoms with Gasteiger partial charge in [0.15, 0.2) is 0 Å². The van der Waals surface area contributed by atoms with Crippen LogP contribution in [0.2, 0.25) is 0 Å². The van der Waals surface area contributed by atoms with Crippen LogP contribution in [0.25, 0.3) is 0 Å². The highest BCUT2D eigenvalue weighted by atomic mass is 16.5. The van der Waals surface area contributed by atoms with E-state index in [0.29, 0.717) is 23.6 Å². The fourth-order valence-corrected chi connectivity index (χ4v) is 1.59. The molecule has 0 aliphatic carbocycles. The maximum absolute atomic E-state index is 12.3. The molecule has 0 spiro atoms. The first-order valence-electron chi connectivity index (χ1n) is 6.42. The van der Waals surface area contributed by atoms with Crippen LogP contribution >= 0.6 is 0 Å². The molecule has 1 amide bonds. The van der Waals surface area contributed by atoms with Crippen LogP contribution < -0.4 is 5.32 Å². The molecular weight excluding hydrogens is 270 g/mol. The summed E-state index contributed by atoms with van der Waals surface area (Å²) in [6.45, 7) is 3.58. The Balaban J connectivity index is 2.24. The topological polar surface area (TPSA) is 88.3 Å². The van der Waals surface area contributed by atoms with Crippen LogP contribution in [0, 0.1) is 25.7 Å². The zero-order valence-corrected chi connectivity index (χ0v) is 11.8. The number of aromatic nitrogens is 2. The van der Waals surface area contributed by atoms with Crippen molar-refractivity contribution in [3.63, 3.8) is 0 Å². The molecule has 0 atom stereocenters. The Hall–Kier alpha value is -2.65. The van der Waals surface area contributed by atoms with E-state index < -0.39 is 5.91 Å². The highest BCUT2D eigenvalue weighted by molar-refractivity contribution is 6.04. The van der Waals surface area contributed by atoms with Gasteiger partial charge in [0, 0.05) is 18.2 Å². The third kappa shape index (κ3) is 3.46. The molecule has 2 aromatic heterocycles. The predicted molar refractivity (Wildman–Crippen MR) is 76.7 cm³/mol. The molecule has 0 aliphatic rings. The SMILES string of the molecule is Cc1noc(NC(=O)c2ncccc2C#CCCO)c1C. The second-order valence-electron chi connectivity index (χ2n) is 4.35. The molecule has 0 aromatic carbocycles. The zero-order chi connectivity index (χ0) is 15.2. The van der Waals surface area contributed by atoms with Crippen molar-refractivity contribution >= 4 is 11.8 Å². The second-order valence-corrected chi connectivity index (χ2v) is 4.35. The summed E-state index contributed by atoms with van der Waals surface area (Å²) >= 11 is 0. The Labute approximate surface area is 122 Å². The lowest BCUT2D eigenvalue weighted by atomic mass is 10.2. The molecule has 0 saturated heterocycles. The van der Waals surface area contributed by atoms with Crippen molar-refractivity contribution in [2.24, 2.45) is 0 Å². The zero-order valence-electron chi connectivity index (χ0n) is 11.8. The van der Waals surface area contributed by atoms with E-state index in [9.17, 15) is 4.79 Å². The minimum absolute atomic E-state index is 0.0225. The van der Waals surface area contributed by atoms with Crippen LogP contribution in [-0.4, -0.2) is 27.8 Å². The van der Waals surface area contributed by atoms with Crippen molar-refractivity contribution in [2.45, 2.75) is 20.3 Å². The lowest BCUT2D eigenvalue weighted by Gasteiger charge is -2.03. The molecule has 2 N–H and O–H groups in total. The summed E-state index contributed by atoms with van der Waals surface area (Å²) in [7, 11) is 0.